The Morgan fingerprint density at radius 3 is 2.91 bits per heavy atom. The zero-order valence-electron chi connectivity index (χ0n) is 11.3. The van der Waals surface area contributed by atoms with Gasteiger partial charge in [-0.15, -0.1) is 0 Å². The highest BCUT2D eigenvalue weighted by molar-refractivity contribution is 6.30. The molecule has 2 amide bonds. The van der Waals surface area contributed by atoms with E-state index in [-0.39, 0.29) is 16.6 Å². The normalized spacial score (nSPS) is 26.5. The highest BCUT2D eigenvalue weighted by atomic mass is 35.5. The van der Waals surface area contributed by atoms with E-state index in [0.717, 1.165) is 6.07 Å². The molecular weight excluding hydrogens is 318 g/mol. The van der Waals surface area contributed by atoms with Crippen LogP contribution in [0.25, 0.3) is 0 Å². The van der Waals surface area contributed by atoms with Crippen molar-refractivity contribution in [2.45, 2.75) is 37.5 Å². The molecule has 1 aromatic carbocycles. The van der Waals surface area contributed by atoms with Crippen LogP contribution in [0.3, 0.4) is 0 Å². The van der Waals surface area contributed by atoms with Crippen molar-refractivity contribution in [2.24, 2.45) is 0 Å². The number of hydrogen-bond acceptors (Lipinski definition) is 3. The number of carbonyl (C=O) groups is 2. The number of ether oxygens (including phenoxy) is 1. The van der Waals surface area contributed by atoms with E-state index >= 15 is 0 Å². The van der Waals surface area contributed by atoms with Gasteiger partial charge in [0.15, 0.2) is 0 Å². The van der Waals surface area contributed by atoms with Crippen LogP contribution < -0.4 is 10.6 Å². The summed E-state index contributed by atoms with van der Waals surface area (Å²) in [6.07, 6.45) is -2.64. The lowest BCUT2D eigenvalue weighted by molar-refractivity contribution is 0.0657. The molecule has 0 radical (unpaired) electrons. The Bertz CT molecular complexity index is 626. The summed E-state index contributed by atoms with van der Waals surface area (Å²) in [4.78, 5) is 23.5. The smallest absolute Gasteiger partial charge is 0.407 e. The van der Waals surface area contributed by atoms with Crippen LogP contribution in [0.15, 0.2) is 18.2 Å². The third-order valence-corrected chi connectivity index (χ3v) is 4.13. The zero-order valence-corrected chi connectivity index (χ0v) is 12.1. The summed E-state index contributed by atoms with van der Waals surface area (Å²) < 4.78 is 31.1. The van der Waals surface area contributed by atoms with Crippen molar-refractivity contribution in [2.75, 3.05) is 0 Å². The van der Waals surface area contributed by atoms with Gasteiger partial charge in [0, 0.05) is 28.6 Å². The average Bonchev–Trinajstić information content (AvgIpc) is 2.72. The van der Waals surface area contributed by atoms with Crippen molar-refractivity contribution in [3.05, 3.63) is 34.3 Å². The fourth-order valence-corrected chi connectivity index (χ4v) is 3.08. The number of alkyl carbamates (subject to hydrolysis) is 1. The second kappa shape index (κ2) is 5.72. The number of amides is 2. The molecule has 1 aliphatic heterocycles. The highest BCUT2D eigenvalue weighted by Crippen LogP contribution is 2.29. The van der Waals surface area contributed by atoms with Crippen molar-refractivity contribution in [3.8, 4) is 0 Å². The maximum atomic E-state index is 13.0. The van der Waals surface area contributed by atoms with Crippen LogP contribution >= 0.6 is 11.6 Å². The molecule has 22 heavy (non-hydrogen) atoms. The molecule has 2 aliphatic rings. The van der Waals surface area contributed by atoms with Gasteiger partial charge in [-0.05, 0) is 24.6 Å². The van der Waals surface area contributed by atoms with E-state index in [4.69, 9.17) is 16.3 Å². The van der Waals surface area contributed by atoms with Crippen molar-refractivity contribution in [1.82, 2.24) is 10.6 Å². The average molecular weight is 331 g/mol. The van der Waals surface area contributed by atoms with Gasteiger partial charge in [-0.3, -0.25) is 4.79 Å². The van der Waals surface area contributed by atoms with E-state index in [0.29, 0.717) is 12.8 Å². The molecule has 1 aliphatic carbocycles. The molecule has 1 saturated carbocycles. The Kier molecular flexibility index (Phi) is 3.90. The minimum absolute atomic E-state index is 0.0589. The molecule has 118 valence electrons. The minimum atomic E-state index is -2.80. The first-order valence-corrected chi connectivity index (χ1v) is 7.17. The van der Waals surface area contributed by atoms with Gasteiger partial charge in [0.2, 0.25) is 0 Å². The predicted molar refractivity (Wildman–Crippen MR) is 74.1 cm³/mol. The van der Waals surface area contributed by atoms with Crippen LogP contribution in [0.4, 0.5) is 13.6 Å². The molecule has 1 heterocycles. The van der Waals surface area contributed by atoms with Gasteiger partial charge in [0.05, 0.1) is 6.04 Å². The zero-order chi connectivity index (χ0) is 15.9. The van der Waals surface area contributed by atoms with Crippen LogP contribution in [0.2, 0.25) is 5.02 Å². The molecule has 8 heteroatoms. The molecular formula is C14H13ClF2N2O3. The summed E-state index contributed by atoms with van der Waals surface area (Å²) >= 11 is 5.69. The Labute approximate surface area is 130 Å². The van der Waals surface area contributed by atoms with E-state index in [1.807, 2.05) is 0 Å². The lowest BCUT2D eigenvalue weighted by Gasteiger charge is -2.23. The molecule has 0 unspecified atom stereocenters. The predicted octanol–water partition coefficient (Wildman–Crippen LogP) is 2.65. The molecule has 3 atom stereocenters. The second-order valence-corrected chi connectivity index (χ2v) is 5.81. The lowest BCUT2D eigenvalue weighted by Crippen LogP contribution is -2.44. The molecule has 2 N–H and O–H groups in total. The van der Waals surface area contributed by atoms with E-state index in [2.05, 4.69) is 10.6 Å². The number of carbonyl (C=O) groups excluding carboxylic acids is 2. The molecule has 3 rings (SSSR count). The van der Waals surface area contributed by atoms with Crippen molar-refractivity contribution < 1.29 is 23.1 Å². The Morgan fingerprint density at radius 1 is 1.41 bits per heavy atom. The van der Waals surface area contributed by atoms with E-state index in [1.54, 1.807) is 0 Å². The Hall–Kier alpha value is -1.89. The van der Waals surface area contributed by atoms with E-state index in [9.17, 15) is 18.4 Å². The van der Waals surface area contributed by atoms with Gasteiger partial charge in [-0.25, -0.2) is 13.6 Å². The fourth-order valence-electron chi connectivity index (χ4n) is 2.90. The number of nitrogens with one attached hydrogen (secondary N) is 2. The number of halogens is 3. The van der Waals surface area contributed by atoms with Gasteiger partial charge >= 0.3 is 6.09 Å². The van der Waals surface area contributed by atoms with Crippen molar-refractivity contribution in [3.63, 3.8) is 0 Å². The van der Waals surface area contributed by atoms with Crippen LogP contribution in [-0.4, -0.2) is 30.2 Å². The van der Waals surface area contributed by atoms with Crippen LogP contribution in [0.1, 0.15) is 35.2 Å². The summed E-state index contributed by atoms with van der Waals surface area (Å²) in [6.45, 7) is 0. The van der Waals surface area contributed by atoms with Gasteiger partial charge < -0.3 is 15.4 Å². The molecule has 0 spiro atoms. The van der Waals surface area contributed by atoms with E-state index in [1.165, 1.54) is 12.1 Å². The summed E-state index contributed by atoms with van der Waals surface area (Å²) in [5.74, 6) is -0.624. The maximum absolute atomic E-state index is 13.0. The minimum Gasteiger partial charge on any atom is -0.444 e. The number of hydrogen-bond donors (Lipinski definition) is 2. The lowest BCUT2D eigenvalue weighted by atomic mass is 10.1. The number of fused-ring (bicyclic) bond motifs is 2. The monoisotopic (exact) mass is 330 g/mol. The van der Waals surface area contributed by atoms with Crippen LogP contribution in [-0.2, 0) is 4.74 Å². The largest absolute Gasteiger partial charge is 0.444 e. The summed E-state index contributed by atoms with van der Waals surface area (Å²) in [5.41, 5.74) is -0.541. The SMILES string of the molecule is O=C1N[C@@H]2C[C@@H](NC(=O)c3ccc(Cl)cc3C(F)F)[C@@H](C2)O1. The number of alkyl halides is 2. The molecule has 1 saturated heterocycles. The first-order valence-electron chi connectivity index (χ1n) is 6.79. The number of rotatable bonds is 3. The van der Waals surface area contributed by atoms with E-state index < -0.39 is 36.1 Å². The standard InChI is InChI=1S/C14H13ClF2N2O3/c15-6-1-2-8(9(3-6)12(16)17)13(20)19-10-4-7-5-11(10)22-14(21)18-7/h1-3,7,10-12H,4-5H2,(H,18,21)(H,19,20)/t7-,10-,11-/m1/s1. The maximum Gasteiger partial charge on any atom is 0.407 e. The Morgan fingerprint density at radius 2 is 2.18 bits per heavy atom. The van der Waals surface area contributed by atoms with Crippen molar-refractivity contribution >= 4 is 23.6 Å². The van der Waals surface area contributed by atoms with Gasteiger partial charge in [-0.2, -0.15) is 0 Å². The third-order valence-electron chi connectivity index (χ3n) is 3.89. The molecule has 5 nitrogen and oxygen atoms in total. The second-order valence-electron chi connectivity index (χ2n) is 5.37. The third kappa shape index (κ3) is 2.85. The highest BCUT2D eigenvalue weighted by Gasteiger charge is 2.42. The van der Waals surface area contributed by atoms with Crippen molar-refractivity contribution in [1.29, 1.82) is 0 Å². The first-order chi connectivity index (χ1) is 10.4. The molecule has 2 fully saturated rings. The molecule has 2 bridgehead atoms. The van der Waals surface area contributed by atoms with Crippen LogP contribution in [0, 0.1) is 0 Å². The number of benzene rings is 1. The van der Waals surface area contributed by atoms with Gasteiger partial charge in [0.25, 0.3) is 12.3 Å². The fraction of sp³-hybridized carbons (Fsp3) is 0.429. The first kappa shape index (κ1) is 15.0. The summed E-state index contributed by atoms with van der Waals surface area (Å²) in [5, 5.41) is 5.45. The summed E-state index contributed by atoms with van der Waals surface area (Å²) in [6, 6.07) is 3.28. The Balaban J connectivity index is 1.77. The summed E-state index contributed by atoms with van der Waals surface area (Å²) in [7, 11) is 0. The van der Waals surface area contributed by atoms with Gasteiger partial charge in [0.1, 0.15) is 6.10 Å². The van der Waals surface area contributed by atoms with Gasteiger partial charge in [-0.1, -0.05) is 11.6 Å². The quantitative estimate of drug-likeness (QED) is 0.895. The van der Waals surface area contributed by atoms with Crippen LogP contribution in [0.5, 0.6) is 0 Å². The molecule has 0 aromatic heterocycles. The topological polar surface area (TPSA) is 67.4 Å². The molecule has 1 aromatic rings.